The van der Waals surface area contributed by atoms with Crippen LogP contribution in [0.5, 0.6) is 0 Å². The number of aliphatic hydroxyl groups is 1. The molecule has 2 N–H and O–H groups in total. The molecule has 30 heavy (non-hydrogen) atoms. The molecule has 0 radical (unpaired) electrons. The van der Waals surface area contributed by atoms with Gasteiger partial charge in [0.2, 0.25) is 0 Å². The van der Waals surface area contributed by atoms with Gasteiger partial charge in [0.05, 0.1) is 23.6 Å². The summed E-state index contributed by atoms with van der Waals surface area (Å²) in [5.41, 5.74) is 3.68. The zero-order valence-corrected chi connectivity index (χ0v) is 17.6. The van der Waals surface area contributed by atoms with Gasteiger partial charge in [-0.25, -0.2) is 4.68 Å². The Morgan fingerprint density at radius 1 is 1.33 bits per heavy atom. The van der Waals surface area contributed by atoms with Gasteiger partial charge in [-0.15, -0.1) is 0 Å². The van der Waals surface area contributed by atoms with E-state index in [0.717, 1.165) is 38.2 Å². The highest BCUT2D eigenvalue weighted by Gasteiger charge is 2.62. The molecule has 2 bridgehead atoms. The smallest absolute Gasteiger partial charge is 0.290 e. The first-order valence-electron chi connectivity index (χ1n) is 10.7. The minimum absolute atomic E-state index is 0.000729. The van der Waals surface area contributed by atoms with Gasteiger partial charge in [-0.05, 0) is 36.5 Å². The highest BCUT2D eigenvalue weighted by molar-refractivity contribution is 5.35. The molecule has 1 spiro atoms. The van der Waals surface area contributed by atoms with Crippen molar-refractivity contribution in [3.8, 4) is 5.69 Å². The minimum atomic E-state index is -0.250. The van der Waals surface area contributed by atoms with E-state index in [1.54, 1.807) is 0 Å². The maximum Gasteiger partial charge on any atom is 0.290 e. The second kappa shape index (κ2) is 8.49. The summed E-state index contributed by atoms with van der Waals surface area (Å²) in [6.45, 7) is 7.34. The second-order valence-corrected chi connectivity index (χ2v) is 9.03. The van der Waals surface area contributed by atoms with Gasteiger partial charge in [0.25, 0.3) is 6.47 Å². The highest BCUT2D eigenvalue weighted by Crippen LogP contribution is 2.54. The van der Waals surface area contributed by atoms with Crippen LogP contribution in [0.1, 0.15) is 43.7 Å². The van der Waals surface area contributed by atoms with Gasteiger partial charge >= 0.3 is 0 Å². The van der Waals surface area contributed by atoms with Crippen molar-refractivity contribution >= 4 is 6.47 Å². The van der Waals surface area contributed by atoms with E-state index < -0.39 is 0 Å². The van der Waals surface area contributed by atoms with Crippen LogP contribution in [0.3, 0.4) is 0 Å². The number of rotatable bonds is 5. The number of hydrogen-bond donors (Lipinski definition) is 2. The molecule has 1 aromatic carbocycles. The molecule has 0 aliphatic carbocycles. The number of benzene rings is 1. The Morgan fingerprint density at radius 2 is 2.07 bits per heavy atom. The molecule has 0 saturated carbocycles. The molecule has 7 heteroatoms. The van der Waals surface area contributed by atoms with Gasteiger partial charge in [0, 0.05) is 49.8 Å². The Hall–Kier alpha value is -2.22. The number of likely N-dealkylation sites (tertiary alicyclic amines) is 1. The molecule has 3 aliphatic rings. The summed E-state index contributed by atoms with van der Waals surface area (Å²) in [7, 11) is 0. The van der Waals surface area contributed by atoms with Crippen LogP contribution >= 0.6 is 0 Å². The van der Waals surface area contributed by atoms with Crippen LogP contribution in [0.15, 0.2) is 36.7 Å². The number of nitrogens with zero attached hydrogens (tertiary/aromatic N) is 3. The summed E-state index contributed by atoms with van der Waals surface area (Å²) < 4.78 is 8.30. The Balaban J connectivity index is 0.000000687. The lowest BCUT2D eigenvalue weighted by atomic mass is 9.74. The van der Waals surface area contributed by atoms with Crippen molar-refractivity contribution < 1.29 is 19.7 Å². The number of carbonyl (C=O) groups is 1. The number of carboxylic acid groups (broad SMARTS) is 1. The summed E-state index contributed by atoms with van der Waals surface area (Å²) in [5, 5.41) is 21.2. The lowest BCUT2D eigenvalue weighted by Crippen LogP contribution is -2.37. The first-order chi connectivity index (χ1) is 14.5. The van der Waals surface area contributed by atoms with Gasteiger partial charge in [-0.1, -0.05) is 26.0 Å². The first kappa shape index (κ1) is 21.0. The molecule has 4 heterocycles. The molecule has 5 rings (SSSR count). The summed E-state index contributed by atoms with van der Waals surface area (Å²) in [6.07, 6.45) is 6.66. The average molecular weight is 414 g/mol. The number of hydrogen-bond acceptors (Lipinski definition) is 5. The fourth-order valence-electron chi connectivity index (χ4n) is 5.50. The lowest BCUT2D eigenvalue weighted by molar-refractivity contribution is -0.122. The van der Waals surface area contributed by atoms with Crippen molar-refractivity contribution in [2.24, 2.45) is 11.8 Å². The van der Waals surface area contributed by atoms with Crippen molar-refractivity contribution in [1.82, 2.24) is 14.7 Å². The molecule has 162 valence electrons. The third kappa shape index (κ3) is 3.77. The van der Waals surface area contributed by atoms with Crippen molar-refractivity contribution in [2.75, 3.05) is 19.7 Å². The molecular weight excluding hydrogens is 382 g/mol. The van der Waals surface area contributed by atoms with Crippen LogP contribution in [0.2, 0.25) is 0 Å². The maximum absolute atomic E-state index is 9.78. The Morgan fingerprint density at radius 3 is 2.73 bits per heavy atom. The fraction of sp³-hybridized carbons (Fsp3) is 0.565. The summed E-state index contributed by atoms with van der Waals surface area (Å²) >= 11 is 0. The van der Waals surface area contributed by atoms with Gasteiger partial charge in [-0.2, -0.15) is 5.10 Å². The number of ether oxygens (including phenoxy) is 1. The number of fused-ring (bicyclic) bond motifs is 1. The van der Waals surface area contributed by atoms with Crippen LogP contribution in [0.25, 0.3) is 5.69 Å². The Kier molecular flexibility index (Phi) is 5.95. The molecule has 0 amide bonds. The van der Waals surface area contributed by atoms with Crippen LogP contribution < -0.4 is 0 Å². The topological polar surface area (TPSA) is 87.8 Å². The monoisotopic (exact) mass is 413 g/mol. The summed E-state index contributed by atoms with van der Waals surface area (Å²) in [5.74, 6) is 1.35. The molecule has 1 aromatic heterocycles. The van der Waals surface area contributed by atoms with Crippen LogP contribution in [-0.4, -0.2) is 62.8 Å². The number of aromatic nitrogens is 2. The maximum atomic E-state index is 9.78. The molecule has 3 saturated heterocycles. The molecule has 2 aromatic rings. The first-order valence-corrected chi connectivity index (χ1v) is 10.7. The second-order valence-electron chi connectivity index (χ2n) is 9.03. The van der Waals surface area contributed by atoms with Crippen LogP contribution in [0, 0.1) is 11.8 Å². The SMILES string of the molecule is CC(C)c1ccc(-n2cc(CN3C[C@@H]4[C@H](CO)[C@H]5CC[C@]4(C3)O5)cn2)cc1.O=CO. The summed E-state index contributed by atoms with van der Waals surface area (Å²) in [6, 6.07) is 8.66. The van der Waals surface area contributed by atoms with Crippen molar-refractivity contribution in [2.45, 2.75) is 50.9 Å². The normalized spacial score (nSPS) is 29.7. The Bertz CT molecular complexity index is 866. The van der Waals surface area contributed by atoms with E-state index in [9.17, 15) is 5.11 Å². The van der Waals surface area contributed by atoms with Crippen LogP contribution in [-0.2, 0) is 16.1 Å². The molecule has 0 unspecified atom stereocenters. The molecule has 3 aliphatic heterocycles. The van der Waals surface area contributed by atoms with Crippen molar-refractivity contribution in [3.05, 3.63) is 47.8 Å². The minimum Gasteiger partial charge on any atom is -0.483 e. The van der Waals surface area contributed by atoms with E-state index in [2.05, 4.69) is 54.3 Å². The van der Waals surface area contributed by atoms with E-state index in [1.807, 2.05) is 10.9 Å². The van der Waals surface area contributed by atoms with Crippen LogP contribution in [0.4, 0.5) is 0 Å². The van der Waals surface area contributed by atoms with E-state index in [0.29, 0.717) is 23.9 Å². The third-order valence-corrected chi connectivity index (χ3v) is 6.93. The largest absolute Gasteiger partial charge is 0.483 e. The number of aliphatic hydroxyl groups excluding tert-OH is 1. The predicted molar refractivity (Wildman–Crippen MR) is 113 cm³/mol. The molecular formula is C23H31N3O4. The van der Waals surface area contributed by atoms with Gasteiger partial charge in [0.1, 0.15) is 0 Å². The summed E-state index contributed by atoms with van der Waals surface area (Å²) in [4.78, 5) is 10.8. The Labute approximate surface area is 177 Å². The quantitative estimate of drug-likeness (QED) is 0.733. The van der Waals surface area contributed by atoms with Crippen molar-refractivity contribution in [3.63, 3.8) is 0 Å². The van der Waals surface area contributed by atoms with Crippen molar-refractivity contribution in [1.29, 1.82) is 0 Å². The third-order valence-electron chi connectivity index (χ3n) is 6.93. The molecule has 4 atom stereocenters. The zero-order valence-electron chi connectivity index (χ0n) is 17.6. The zero-order chi connectivity index (χ0) is 21.3. The molecule has 7 nitrogen and oxygen atoms in total. The van der Waals surface area contributed by atoms with E-state index in [-0.39, 0.29) is 18.7 Å². The standard InChI is InChI=1S/C22H29N3O2.CH2O2/c1-15(2)17-3-5-18(6-4-17)25-11-16(9-23-25)10-24-12-20-19(13-26)21-7-8-22(20,14-24)27-21;2-1-3/h3-6,9,11,15,19-21,26H,7-8,10,12-14H2,1-2H3;1H,(H,2,3)/t19-,20+,21+,22+;/m0./s1. The average Bonchev–Trinajstić information content (AvgIpc) is 3.48. The molecule has 3 fully saturated rings. The van der Waals surface area contributed by atoms with Gasteiger partial charge < -0.3 is 14.9 Å². The van der Waals surface area contributed by atoms with Gasteiger partial charge in [0.15, 0.2) is 0 Å². The predicted octanol–water partition coefficient (Wildman–Crippen LogP) is 2.67. The van der Waals surface area contributed by atoms with Gasteiger partial charge in [-0.3, -0.25) is 9.69 Å². The highest BCUT2D eigenvalue weighted by atomic mass is 16.5. The van der Waals surface area contributed by atoms with E-state index in [4.69, 9.17) is 14.6 Å². The van der Waals surface area contributed by atoms with E-state index >= 15 is 0 Å². The fourth-order valence-corrected chi connectivity index (χ4v) is 5.50. The van der Waals surface area contributed by atoms with E-state index in [1.165, 1.54) is 11.1 Å². The lowest BCUT2D eigenvalue weighted by Gasteiger charge is -2.28.